The summed E-state index contributed by atoms with van der Waals surface area (Å²) in [6, 6.07) is 5.52. The van der Waals surface area contributed by atoms with Gasteiger partial charge in [0.05, 0.1) is 5.69 Å². The molecule has 0 spiro atoms. The standard InChI is InChI=1S/C14H20FN/c1-14(2,3)11-6-7-12(15)13(10-11)16-8-4-5-9-16/h6-7,10H,4-5,8-9H2,1-3H3. The van der Waals surface area contributed by atoms with Crippen molar-refractivity contribution in [2.24, 2.45) is 0 Å². The van der Waals surface area contributed by atoms with Crippen LogP contribution in [0.15, 0.2) is 18.2 Å². The maximum Gasteiger partial charge on any atom is 0.146 e. The van der Waals surface area contributed by atoms with Gasteiger partial charge in [0.15, 0.2) is 0 Å². The van der Waals surface area contributed by atoms with Crippen LogP contribution >= 0.6 is 0 Å². The molecule has 1 aliphatic rings. The lowest BCUT2D eigenvalue weighted by molar-refractivity contribution is 0.581. The molecule has 0 aliphatic carbocycles. The topological polar surface area (TPSA) is 3.24 Å². The fraction of sp³-hybridized carbons (Fsp3) is 0.571. The summed E-state index contributed by atoms with van der Waals surface area (Å²) >= 11 is 0. The number of rotatable bonds is 1. The van der Waals surface area contributed by atoms with Crippen LogP contribution in [0.5, 0.6) is 0 Å². The lowest BCUT2D eigenvalue weighted by atomic mass is 9.87. The van der Waals surface area contributed by atoms with Gasteiger partial charge < -0.3 is 4.90 Å². The highest BCUT2D eigenvalue weighted by molar-refractivity contribution is 5.51. The van der Waals surface area contributed by atoms with Gasteiger partial charge in [-0.15, -0.1) is 0 Å². The van der Waals surface area contributed by atoms with Crippen molar-refractivity contribution in [3.05, 3.63) is 29.6 Å². The lowest BCUT2D eigenvalue weighted by Gasteiger charge is -2.24. The van der Waals surface area contributed by atoms with E-state index in [4.69, 9.17) is 0 Å². The smallest absolute Gasteiger partial charge is 0.146 e. The molecule has 1 heterocycles. The minimum atomic E-state index is -0.0881. The Morgan fingerprint density at radius 2 is 1.75 bits per heavy atom. The van der Waals surface area contributed by atoms with Gasteiger partial charge in [0.2, 0.25) is 0 Å². The average Bonchev–Trinajstić information content (AvgIpc) is 2.69. The van der Waals surface area contributed by atoms with Gasteiger partial charge in [0.1, 0.15) is 5.82 Å². The molecule has 0 N–H and O–H groups in total. The molecule has 0 saturated carbocycles. The third kappa shape index (κ3) is 2.21. The Labute approximate surface area is 97.3 Å². The molecule has 1 nitrogen and oxygen atoms in total. The molecule has 1 saturated heterocycles. The van der Waals surface area contributed by atoms with Gasteiger partial charge in [-0.3, -0.25) is 0 Å². The highest BCUT2D eigenvalue weighted by Gasteiger charge is 2.20. The predicted molar refractivity (Wildman–Crippen MR) is 66.5 cm³/mol. The van der Waals surface area contributed by atoms with E-state index in [1.54, 1.807) is 6.07 Å². The van der Waals surface area contributed by atoms with Crippen LogP contribution in [0, 0.1) is 5.82 Å². The van der Waals surface area contributed by atoms with E-state index in [9.17, 15) is 4.39 Å². The SMILES string of the molecule is CC(C)(C)c1ccc(F)c(N2CCCC2)c1. The first-order valence-electron chi connectivity index (χ1n) is 6.03. The van der Waals surface area contributed by atoms with Crippen LogP contribution in [-0.2, 0) is 5.41 Å². The van der Waals surface area contributed by atoms with Gasteiger partial charge in [0.25, 0.3) is 0 Å². The molecule has 1 aromatic carbocycles. The highest BCUT2D eigenvalue weighted by atomic mass is 19.1. The summed E-state index contributed by atoms with van der Waals surface area (Å²) in [6.45, 7) is 8.46. The molecule has 0 radical (unpaired) electrons. The van der Waals surface area contributed by atoms with Crippen molar-refractivity contribution in [3.8, 4) is 0 Å². The summed E-state index contributed by atoms with van der Waals surface area (Å²) in [5.74, 6) is -0.0881. The molecule has 0 atom stereocenters. The molecular weight excluding hydrogens is 201 g/mol. The summed E-state index contributed by atoms with van der Waals surface area (Å²) in [6.07, 6.45) is 2.36. The normalized spacial score (nSPS) is 16.9. The molecule has 2 heteroatoms. The Balaban J connectivity index is 2.36. The first-order valence-corrected chi connectivity index (χ1v) is 6.03. The van der Waals surface area contributed by atoms with Crippen molar-refractivity contribution in [1.82, 2.24) is 0 Å². The van der Waals surface area contributed by atoms with Crippen molar-refractivity contribution in [2.75, 3.05) is 18.0 Å². The molecule has 1 fully saturated rings. The van der Waals surface area contributed by atoms with Crippen molar-refractivity contribution in [1.29, 1.82) is 0 Å². The molecule has 16 heavy (non-hydrogen) atoms. The van der Waals surface area contributed by atoms with E-state index in [-0.39, 0.29) is 11.2 Å². The first-order chi connectivity index (χ1) is 7.48. The van der Waals surface area contributed by atoms with Crippen LogP contribution in [0.4, 0.5) is 10.1 Å². The molecular formula is C14H20FN. The first kappa shape index (κ1) is 11.4. The van der Waals surface area contributed by atoms with Gasteiger partial charge in [0, 0.05) is 13.1 Å². The summed E-state index contributed by atoms with van der Waals surface area (Å²) in [5, 5.41) is 0. The molecule has 0 aromatic heterocycles. The Morgan fingerprint density at radius 3 is 2.31 bits per heavy atom. The molecule has 1 aromatic rings. The van der Waals surface area contributed by atoms with Crippen LogP contribution in [0.1, 0.15) is 39.2 Å². The van der Waals surface area contributed by atoms with Gasteiger partial charge in [-0.1, -0.05) is 26.8 Å². The van der Waals surface area contributed by atoms with E-state index >= 15 is 0 Å². The Morgan fingerprint density at radius 1 is 1.12 bits per heavy atom. The zero-order valence-electron chi connectivity index (χ0n) is 10.4. The van der Waals surface area contributed by atoms with Crippen LogP contribution < -0.4 is 4.90 Å². The monoisotopic (exact) mass is 221 g/mol. The second-order valence-corrected chi connectivity index (χ2v) is 5.61. The third-order valence-electron chi connectivity index (χ3n) is 3.26. The Kier molecular flexibility index (Phi) is 2.92. The molecule has 0 bridgehead atoms. The number of hydrogen-bond acceptors (Lipinski definition) is 1. The number of nitrogens with zero attached hydrogens (tertiary/aromatic N) is 1. The van der Waals surface area contributed by atoms with Crippen LogP contribution in [0.2, 0.25) is 0 Å². The van der Waals surface area contributed by atoms with E-state index < -0.39 is 0 Å². The summed E-state index contributed by atoms with van der Waals surface area (Å²) < 4.78 is 13.8. The van der Waals surface area contributed by atoms with Crippen LogP contribution in [-0.4, -0.2) is 13.1 Å². The second-order valence-electron chi connectivity index (χ2n) is 5.61. The zero-order chi connectivity index (χ0) is 11.8. The van der Waals surface area contributed by atoms with Crippen LogP contribution in [0.25, 0.3) is 0 Å². The lowest BCUT2D eigenvalue weighted by Crippen LogP contribution is -2.20. The van der Waals surface area contributed by atoms with E-state index in [1.807, 2.05) is 12.1 Å². The van der Waals surface area contributed by atoms with E-state index in [0.29, 0.717) is 0 Å². The maximum atomic E-state index is 13.8. The van der Waals surface area contributed by atoms with Gasteiger partial charge in [-0.05, 0) is 36.0 Å². The molecule has 1 aliphatic heterocycles. The van der Waals surface area contributed by atoms with Crippen molar-refractivity contribution >= 4 is 5.69 Å². The zero-order valence-corrected chi connectivity index (χ0v) is 10.4. The minimum absolute atomic E-state index is 0.0855. The van der Waals surface area contributed by atoms with Crippen molar-refractivity contribution in [2.45, 2.75) is 39.0 Å². The van der Waals surface area contributed by atoms with Crippen LogP contribution in [0.3, 0.4) is 0 Å². The Bertz CT molecular complexity index is 373. The molecule has 0 amide bonds. The highest BCUT2D eigenvalue weighted by Crippen LogP contribution is 2.30. The average molecular weight is 221 g/mol. The summed E-state index contributed by atoms with van der Waals surface area (Å²) in [7, 11) is 0. The number of benzene rings is 1. The number of hydrogen-bond donors (Lipinski definition) is 0. The van der Waals surface area contributed by atoms with Gasteiger partial charge in [-0.25, -0.2) is 4.39 Å². The van der Waals surface area contributed by atoms with E-state index in [0.717, 1.165) is 18.8 Å². The molecule has 2 rings (SSSR count). The quantitative estimate of drug-likeness (QED) is 0.698. The van der Waals surface area contributed by atoms with E-state index in [1.165, 1.54) is 18.4 Å². The number of halogens is 1. The third-order valence-corrected chi connectivity index (χ3v) is 3.26. The minimum Gasteiger partial charge on any atom is -0.369 e. The fourth-order valence-corrected chi connectivity index (χ4v) is 2.18. The second kappa shape index (κ2) is 4.08. The van der Waals surface area contributed by atoms with Gasteiger partial charge >= 0.3 is 0 Å². The number of anilines is 1. The molecule has 0 unspecified atom stereocenters. The van der Waals surface area contributed by atoms with Crippen molar-refractivity contribution in [3.63, 3.8) is 0 Å². The summed E-state index contributed by atoms with van der Waals surface area (Å²) in [4.78, 5) is 2.16. The fourth-order valence-electron chi connectivity index (χ4n) is 2.18. The Hall–Kier alpha value is -1.05. The predicted octanol–water partition coefficient (Wildman–Crippen LogP) is 3.72. The van der Waals surface area contributed by atoms with Crippen molar-refractivity contribution < 1.29 is 4.39 Å². The summed E-state index contributed by atoms with van der Waals surface area (Å²) in [5.41, 5.74) is 2.07. The largest absolute Gasteiger partial charge is 0.369 e. The van der Waals surface area contributed by atoms with Gasteiger partial charge in [-0.2, -0.15) is 0 Å². The molecule has 88 valence electrons. The van der Waals surface area contributed by atoms with E-state index in [2.05, 4.69) is 25.7 Å². The maximum absolute atomic E-state index is 13.8.